The van der Waals surface area contributed by atoms with Gasteiger partial charge in [-0.2, -0.15) is 13.2 Å². The Balaban J connectivity index is 0.000000321. The number of alkyl halides is 3. The van der Waals surface area contributed by atoms with Gasteiger partial charge in [0.15, 0.2) is 5.69 Å². The van der Waals surface area contributed by atoms with Gasteiger partial charge in [-0.25, -0.2) is 19.6 Å². The van der Waals surface area contributed by atoms with Crippen molar-refractivity contribution < 1.29 is 37.7 Å². The van der Waals surface area contributed by atoms with Gasteiger partial charge < -0.3 is 20.3 Å². The van der Waals surface area contributed by atoms with Crippen LogP contribution in [-0.2, 0) is 9.53 Å². The smallest absolute Gasteiger partial charge is 0.477 e. The summed E-state index contributed by atoms with van der Waals surface area (Å²) in [6.07, 6.45) is 0.686. The number of hydrogen-bond donors (Lipinski definition) is 3. The van der Waals surface area contributed by atoms with Gasteiger partial charge >= 0.3 is 18.1 Å². The zero-order valence-electron chi connectivity index (χ0n) is 13.7. The number of rotatable bonds is 4. The summed E-state index contributed by atoms with van der Waals surface area (Å²) < 4.78 is 39.0. The highest BCUT2D eigenvalue weighted by atomic mass is 19.4. The maximum absolute atomic E-state index is 11.1. The zero-order chi connectivity index (χ0) is 20.2. The van der Waals surface area contributed by atoms with Gasteiger partial charge in [0.1, 0.15) is 5.65 Å². The van der Waals surface area contributed by atoms with Crippen LogP contribution in [0, 0.1) is 0 Å². The maximum Gasteiger partial charge on any atom is 0.490 e. The fourth-order valence-electron chi connectivity index (χ4n) is 2.30. The molecule has 2 atom stereocenters. The third kappa shape index (κ3) is 4.94. The number of imidazole rings is 1. The summed E-state index contributed by atoms with van der Waals surface area (Å²) in [6.45, 7) is 4.37. The fourth-order valence-corrected chi connectivity index (χ4v) is 2.30. The Kier molecular flexibility index (Phi) is 6.00. The first kappa shape index (κ1) is 20.2. The molecule has 1 saturated heterocycles. The molecule has 0 aliphatic carbocycles. The lowest BCUT2D eigenvalue weighted by molar-refractivity contribution is -0.192. The molecule has 0 saturated carbocycles. The minimum absolute atomic E-state index is 0.0228. The molecule has 3 heterocycles. The Bertz CT molecular complexity index is 852. The van der Waals surface area contributed by atoms with Crippen LogP contribution >= 0.6 is 0 Å². The van der Waals surface area contributed by atoms with Crippen LogP contribution in [-0.4, -0.2) is 61.4 Å². The molecular formula is C15H15F3N4O5. The Labute approximate surface area is 150 Å². The van der Waals surface area contributed by atoms with Crippen LogP contribution in [0.1, 0.15) is 16.9 Å². The number of carboxylic acid groups (broad SMARTS) is 2. The molecule has 3 rings (SSSR count). The lowest BCUT2D eigenvalue weighted by Crippen LogP contribution is -2.29. The minimum Gasteiger partial charge on any atom is -0.477 e. The highest BCUT2D eigenvalue weighted by Gasteiger charge is 2.38. The molecule has 1 aliphatic rings. The van der Waals surface area contributed by atoms with Crippen LogP contribution in [0.4, 0.5) is 19.1 Å². The summed E-state index contributed by atoms with van der Waals surface area (Å²) in [4.78, 5) is 28.2. The van der Waals surface area contributed by atoms with Gasteiger partial charge in [-0.3, -0.25) is 4.40 Å². The topological polar surface area (TPSA) is 126 Å². The molecule has 0 aromatic carbocycles. The number of aromatic nitrogens is 3. The standard InChI is InChI=1S/C13H14N4O3.C2HF3O2/c1-2-10-8(3-6-20-10)15-13-16-9(12(18)19)7-11-14-4-5-17(11)13;3-2(4,5)1(6)7/h2,4-5,7-8,10H,1,3,6H2,(H,15,16)(H,18,19);(H,6,7)/t8-,10+;/m1./s1. The fraction of sp³-hybridized carbons (Fsp3) is 0.333. The van der Waals surface area contributed by atoms with Crippen molar-refractivity contribution in [3.8, 4) is 0 Å². The van der Waals surface area contributed by atoms with Crippen LogP contribution in [0.25, 0.3) is 5.65 Å². The Morgan fingerprint density at radius 2 is 2.07 bits per heavy atom. The molecule has 27 heavy (non-hydrogen) atoms. The molecule has 0 radical (unpaired) electrons. The monoisotopic (exact) mass is 388 g/mol. The number of carboxylic acids is 2. The van der Waals surface area contributed by atoms with Gasteiger partial charge in [-0.05, 0) is 6.42 Å². The van der Waals surface area contributed by atoms with Crippen molar-refractivity contribution in [2.75, 3.05) is 11.9 Å². The largest absolute Gasteiger partial charge is 0.490 e. The number of ether oxygens (including phenoxy) is 1. The molecule has 12 heteroatoms. The Morgan fingerprint density at radius 3 is 2.63 bits per heavy atom. The van der Waals surface area contributed by atoms with Crippen LogP contribution in [0.15, 0.2) is 31.1 Å². The number of aromatic carboxylic acids is 1. The molecule has 0 amide bonds. The van der Waals surface area contributed by atoms with Gasteiger partial charge in [-0.15, -0.1) is 6.58 Å². The summed E-state index contributed by atoms with van der Waals surface area (Å²) in [5, 5.41) is 19.4. The number of hydrogen-bond acceptors (Lipinski definition) is 6. The van der Waals surface area contributed by atoms with Crippen LogP contribution in [0.3, 0.4) is 0 Å². The molecule has 0 unspecified atom stereocenters. The lowest BCUT2D eigenvalue weighted by Gasteiger charge is -2.18. The van der Waals surface area contributed by atoms with E-state index < -0.39 is 18.1 Å². The van der Waals surface area contributed by atoms with Gasteiger partial charge in [0.2, 0.25) is 5.95 Å². The molecule has 2 aromatic heterocycles. The molecule has 146 valence electrons. The van der Waals surface area contributed by atoms with E-state index in [1.165, 1.54) is 6.07 Å². The number of carbonyl (C=O) groups is 2. The quantitative estimate of drug-likeness (QED) is 0.677. The maximum atomic E-state index is 11.1. The summed E-state index contributed by atoms with van der Waals surface area (Å²) in [7, 11) is 0. The Morgan fingerprint density at radius 1 is 1.41 bits per heavy atom. The summed E-state index contributed by atoms with van der Waals surface area (Å²) in [5.74, 6) is -3.39. The van der Waals surface area contributed by atoms with Crippen molar-refractivity contribution in [1.29, 1.82) is 0 Å². The second-order valence-electron chi connectivity index (χ2n) is 5.34. The van der Waals surface area contributed by atoms with E-state index in [4.69, 9.17) is 19.7 Å². The van der Waals surface area contributed by atoms with E-state index in [0.717, 1.165) is 6.42 Å². The second-order valence-corrected chi connectivity index (χ2v) is 5.34. The predicted octanol–water partition coefficient (Wildman–Crippen LogP) is 1.82. The number of nitrogens with zero attached hydrogens (tertiary/aromatic N) is 3. The highest BCUT2D eigenvalue weighted by molar-refractivity contribution is 5.87. The van der Waals surface area contributed by atoms with Gasteiger partial charge in [0, 0.05) is 25.1 Å². The molecule has 0 spiro atoms. The average Bonchev–Trinajstić information content (AvgIpc) is 3.22. The molecular weight excluding hydrogens is 373 g/mol. The number of aliphatic carboxylic acids is 1. The summed E-state index contributed by atoms with van der Waals surface area (Å²) >= 11 is 0. The third-order valence-electron chi connectivity index (χ3n) is 3.53. The second kappa shape index (κ2) is 8.03. The highest BCUT2D eigenvalue weighted by Crippen LogP contribution is 2.20. The lowest BCUT2D eigenvalue weighted by atomic mass is 10.1. The first-order valence-corrected chi connectivity index (χ1v) is 7.51. The predicted molar refractivity (Wildman–Crippen MR) is 85.6 cm³/mol. The molecule has 3 N–H and O–H groups in total. The number of anilines is 1. The van der Waals surface area contributed by atoms with Gasteiger partial charge in [0.05, 0.1) is 12.1 Å². The molecule has 2 aromatic rings. The minimum atomic E-state index is -5.08. The van der Waals surface area contributed by atoms with Crippen molar-refractivity contribution in [2.45, 2.75) is 24.7 Å². The first-order chi connectivity index (χ1) is 12.6. The van der Waals surface area contributed by atoms with Crippen molar-refractivity contribution in [3.05, 3.63) is 36.8 Å². The van der Waals surface area contributed by atoms with Crippen molar-refractivity contribution in [3.63, 3.8) is 0 Å². The van der Waals surface area contributed by atoms with Crippen molar-refractivity contribution >= 4 is 23.5 Å². The van der Waals surface area contributed by atoms with E-state index in [1.807, 2.05) is 0 Å². The zero-order valence-corrected chi connectivity index (χ0v) is 13.7. The van der Waals surface area contributed by atoms with Crippen LogP contribution in [0.2, 0.25) is 0 Å². The number of fused-ring (bicyclic) bond motifs is 1. The van der Waals surface area contributed by atoms with E-state index in [1.54, 1.807) is 22.9 Å². The van der Waals surface area contributed by atoms with E-state index in [9.17, 15) is 18.0 Å². The van der Waals surface area contributed by atoms with Crippen LogP contribution in [0.5, 0.6) is 0 Å². The van der Waals surface area contributed by atoms with Crippen LogP contribution < -0.4 is 5.32 Å². The third-order valence-corrected chi connectivity index (χ3v) is 3.53. The average molecular weight is 388 g/mol. The molecule has 0 bridgehead atoms. The number of halogens is 3. The molecule has 1 fully saturated rings. The number of nitrogens with one attached hydrogen (secondary N) is 1. The molecule has 9 nitrogen and oxygen atoms in total. The normalized spacial score (nSPS) is 19.2. The van der Waals surface area contributed by atoms with E-state index in [2.05, 4.69) is 21.9 Å². The van der Waals surface area contributed by atoms with Gasteiger partial charge in [0.25, 0.3) is 0 Å². The van der Waals surface area contributed by atoms with Crippen molar-refractivity contribution in [2.24, 2.45) is 0 Å². The first-order valence-electron chi connectivity index (χ1n) is 7.51. The SMILES string of the molecule is C=C[C@@H]1OCC[C@H]1Nc1nc(C(=O)O)cc2nccn12.O=C(O)C(F)(F)F. The van der Waals surface area contributed by atoms with E-state index >= 15 is 0 Å². The van der Waals surface area contributed by atoms with E-state index in [0.29, 0.717) is 18.2 Å². The van der Waals surface area contributed by atoms with Crippen molar-refractivity contribution in [1.82, 2.24) is 14.4 Å². The Hall–Kier alpha value is -3.15. The molecule has 1 aliphatic heterocycles. The van der Waals surface area contributed by atoms with E-state index in [-0.39, 0.29) is 17.8 Å². The summed E-state index contributed by atoms with van der Waals surface area (Å²) in [5.41, 5.74) is 0.495. The van der Waals surface area contributed by atoms with Gasteiger partial charge in [-0.1, -0.05) is 6.08 Å². The summed E-state index contributed by atoms with van der Waals surface area (Å²) in [6, 6.07) is 1.46.